The molecule has 0 saturated carbocycles. The molecule has 26 heavy (non-hydrogen) atoms. The van der Waals surface area contributed by atoms with Gasteiger partial charge in [-0.25, -0.2) is 0 Å². The van der Waals surface area contributed by atoms with E-state index in [1.165, 1.54) is 38.6 Å². The molecule has 2 aromatic rings. The van der Waals surface area contributed by atoms with Gasteiger partial charge in [-0.1, -0.05) is 29.9 Å². The second-order valence-electron chi connectivity index (χ2n) is 7.38. The first-order chi connectivity index (χ1) is 12.7. The van der Waals surface area contributed by atoms with Gasteiger partial charge in [0, 0.05) is 30.7 Å². The average molecular weight is 368 g/mol. The zero-order valence-electron chi connectivity index (χ0n) is 15.3. The number of benzene rings is 1. The summed E-state index contributed by atoms with van der Waals surface area (Å²) in [6.45, 7) is 5.79. The number of hydrogen-bond donors (Lipinski definition) is 0. The van der Waals surface area contributed by atoms with E-state index in [0.717, 1.165) is 40.9 Å². The van der Waals surface area contributed by atoms with Gasteiger partial charge in [-0.3, -0.25) is 4.90 Å². The minimum atomic E-state index is 0.674. The van der Waals surface area contributed by atoms with Crippen LogP contribution in [0, 0.1) is 11.3 Å². The van der Waals surface area contributed by atoms with Gasteiger partial charge >= 0.3 is 0 Å². The third-order valence-corrected chi connectivity index (χ3v) is 6.77. The van der Waals surface area contributed by atoms with Crippen molar-refractivity contribution in [3.8, 4) is 16.6 Å². The second kappa shape index (κ2) is 7.73. The molecule has 136 valence electrons. The highest BCUT2D eigenvalue weighted by molar-refractivity contribution is 7.18. The topological polar surface area (TPSA) is 56.1 Å². The molecule has 4 rings (SSSR count). The van der Waals surface area contributed by atoms with Crippen molar-refractivity contribution >= 4 is 16.5 Å². The lowest BCUT2D eigenvalue weighted by atomic mass is 9.96. The van der Waals surface area contributed by atoms with Gasteiger partial charge in [0.15, 0.2) is 0 Å². The molecule has 3 heterocycles. The number of rotatable bonds is 3. The van der Waals surface area contributed by atoms with Crippen LogP contribution in [0.25, 0.3) is 10.6 Å². The Hall–Kier alpha value is -1.97. The van der Waals surface area contributed by atoms with Crippen molar-refractivity contribution in [2.45, 2.75) is 51.1 Å². The van der Waals surface area contributed by atoms with Gasteiger partial charge in [0.05, 0.1) is 11.6 Å². The summed E-state index contributed by atoms with van der Waals surface area (Å²) >= 11 is 1.65. The molecule has 0 aliphatic carbocycles. The molecule has 1 aromatic carbocycles. The molecule has 2 saturated heterocycles. The van der Waals surface area contributed by atoms with Crippen LogP contribution >= 0.6 is 11.3 Å². The zero-order chi connectivity index (χ0) is 17.9. The van der Waals surface area contributed by atoms with Crippen molar-refractivity contribution < 1.29 is 0 Å². The Morgan fingerprint density at radius 2 is 1.81 bits per heavy atom. The Morgan fingerprint density at radius 3 is 2.50 bits per heavy atom. The number of likely N-dealkylation sites (tertiary alicyclic amines) is 1. The number of piperidine rings is 2. The maximum atomic E-state index is 8.92. The lowest BCUT2D eigenvalue weighted by Crippen LogP contribution is -2.50. The van der Waals surface area contributed by atoms with Crippen molar-refractivity contribution in [2.24, 2.45) is 0 Å². The normalized spacial score (nSPS) is 22.3. The van der Waals surface area contributed by atoms with Crippen LogP contribution in [0.1, 0.15) is 44.6 Å². The maximum Gasteiger partial charge on any atom is 0.208 e. The molecule has 5 nitrogen and oxygen atoms in total. The Morgan fingerprint density at radius 1 is 1.04 bits per heavy atom. The molecule has 2 fully saturated rings. The monoisotopic (exact) mass is 367 g/mol. The van der Waals surface area contributed by atoms with Crippen LogP contribution in [-0.2, 0) is 0 Å². The van der Waals surface area contributed by atoms with Gasteiger partial charge in [-0.15, -0.1) is 10.2 Å². The minimum absolute atomic E-state index is 0.674. The third kappa shape index (κ3) is 3.60. The Labute approximate surface area is 159 Å². The molecule has 0 amide bonds. The van der Waals surface area contributed by atoms with Crippen molar-refractivity contribution in [3.05, 3.63) is 29.8 Å². The molecule has 0 spiro atoms. The van der Waals surface area contributed by atoms with E-state index >= 15 is 0 Å². The minimum Gasteiger partial charge on any atom is -0.347 e. The molecule has 1 aromatic heterocycles. The highest BCUT2D eigenvalue weighted by Crippen LogP contribution is 2.32. The van der Waals surface area contributed by atoms with Crippen molar-refractivity contribution in [1.82, 2.24) is 15.1 Å². The molecule has 0 radical (unpaired) electrons. The van der Waals surface area contributed by atoms with Crippen LogP contribution in [-0.4, -0.2) is 46.8 Å². The first-order valence-electron chi connectivity index (χ1n) is 9.59. The molecule has 2 aliphatic heterocycles. The van der Waals surface area contributed by atoms with Gasteiger partial charge in [0.1, 0.15) is 5.01 Å². The molecular formula is C20H25N5S. The lowest BCUT2D eigenvalue weighted by molar-refractivity contribution is 0.0897. The number of hydrogen-bond acceptors (Lipinski definition) is 6. The SMILES string of the molecule is CC1CCCCN1C1CCN(c2nnc(-c3ccc(C#N)cc3)s2)CC1. The first-order valence-corrected chi connectivity index (χ1v) is 10.4. The van der Waals surface area contributed by atoms with Gasteiger partial charge in [-0.2, -0.15) is 5.26 Å². The van der Waals surface area contributed by atoms with Gasteiger partial charge in [-0.05, 0) is 51.3 Å². The van der Waals surface area contributed by atoms with E-state index in [-0.39, 0.29) is 0 Å². The summed E-state index contributed by atoms with van der Waals surface area (Å²) in [7, 11) is 0. The van der Waals surface area contributed by atoms with Crippen LogP contribution in [0.5, 0.6) is 0 Å². The van der Waals surface area contributed by atoms with E-state index < -0.39 is 0 Å². The van der Waals surface area contributed by atoms with E-state index in [1.807, 2.05) is 24.3 Å². The van der Waals surface area contributed by atoms with Crippen LogP contribution in [0.2, 0.25) is 0 Å². The Bertz CT molecular complexity index is 770. The van der Waals surface area contributed by atoms with E-state index in [0.29, 0.717) is 5.56 Å². The summed E-state index contributed by atoms with van der Waals surface area (Å²) in [6.07, 6.45) is 6.53. The van der Waals surface area contributed by atoms with Crippen molar-refractivity contribution in [1.29, 1.82) is 5.26 Å². The van der Waals surface area contributed by atoms with E-state index in [9.17, 15) is 0 Å². The van der Waals surface area contributed by atoms with Gasteiger partial charge < -0.3 is 4.90 Å². The quantitative estimate of drug-likeness (QED) is 0.823. The first kappa shape index (κ1) is 17.4. The third-order valence-electron chi connectivity index (χ3n) is 5.73. The predicted octanol–water partition coefficient (Wildman–Crippen LogP) is 3.92. The number of aromatic nitrogens is 2. The number of anilines is 1. The predicted molar refractivity (Wildman–Crippen MR) is 105 cm³/mol. The van der Waals surface area contributed by atoms with Crippen LogP contribution in [0.4, 0.5) is 5.13 Å². The fraction of sp³-hybridized carbons (Fsp3) is 0.550. The smallest absolute Gasteiger partial charge is 0.208 e. The second-order valence-corrected chi connectivity index (χ2v) is 8.34. The maximum absolute atomic E-state index is 8.92. The zero-order valence-corrected chi connectivity index (χ0v) is 16.1. The van der Waals surface area contributed by atoms with Gasteiger partial charge in [0.2, 0.25) is 5.13 Å². The highest BCUT2D eigenvalue weighted by atomic mass is 32.1. The Balaban J connectivity index is 1.39. The summed E-state index contributed by atoms with van der Waals surface area (Å²) in [5.74, 6) is 0. The number of nitrogens with zero attached hydrogens (tertiary/aromatic N) is 5. The van der Waals surface area contributed by atoms with Crippen molar-refractivity contribution in [3.63, 3.8) is 0 Å². The standard InChI is InChI=1S/C20H25N5S/c1-15-4-2-3-11-25(15)18-9-12-24(13-10-18)20-23-22-19(26-20)17-7-5-16(14-21)6-8-17/h5-8,15,18H,2-4,9-13H2,1H3. The molecule has 0 N–H and O–H groups in total. The Kier molecular flexibility index (Phi) is 5.18. The molecular weight excluding hydrogens is 342 g/mol. The number of nitriles is 1. The summed E-state index contributed by atoms with van der Waals surface area (Å²) in [5, 5.41) is 19.7. The molecule has 2 aliphatic rings. The van der Waals surface area contributed by atoms with Crippen molar-refractivity contribution in [2.75, 3.05) is 24.5 Å². The summed E-state index contributed by atoms with van der Waals surface area (Å²) in [6, 6.07) is 11.2. The summed E-state index contributed by atoms with van der Waals surface area (Å²) in [5.41, 5.74) is 1.71. The summed E-state index contributed by atoms with van der Waals surface area (Å²) in [4.78, 5) is 5.12. The van der Waals surface area contributed by atoms with Crippen LogP contribution < -0.4 is 4.90 Å². The molecule has 0 bridgehead atoms. The molecule has 1 unspecified atom stereocenters. The van der Waals surface area contributed by atoms with Crippen LogP contribution in [0.15, 0.2) is 24.3 Å². The van der Waals surface area contributed by atoms with E-state index in [1.54, 1.807) is 11.3 Å². The van der Waals surface area contributed by atoms with E-state index in [4.69, 9.17) is 5.26 Å². The molecule has 6 heteroatoms. The fourth-order valence-corrected chi connectivity index (χ4v) is 5.10. The summed E-state index contributed by atoms with van der Waals surface area (Å²) < 4.78 is 0. The highest BCUT2D eigenvalue weighted by Gasteiger charge is 2.30. The fourth-order valence-electron chi connectivity index (χ4n) is 4.20. The largest absolute Gasteiger partial charge is 0.347 e. The van der Waals surface area contributed by atoms with Gasteiger partial charge in [0.25, 0.3) is 0 Å². The average Bonchev–Trinajstić information content (AvgIpc) is 3.19. The lowest BCUT2D eigenvalue weighted by Gasteiger charge is -2.43. The molecule has 1 atom stereocenters. The van der Waals surface area contributed by atoms with E-state index in [2.05, 4.69) is 33.0 Å². The van der Waals surface area contributed by atoms with Crippen LogP contribution in [0.3, 0.4) is 0 Å².